The third-order valence-corrected chi connectivity index (χ3v) is 13.8. The van der Waals surface area contributed by atoms with E-state index >= 15 is 0 Å². The average molecular weight is 652 g/mol. The van der Waals surface area contributed by atoms with Crippen molar-refractivity contribution in [2.45, 2.75) is 0 Å². The molecule has 1 N–H and O–H groups in total. The van der Waals surface area contributed by atoms with Gasteiger partial charge in [-0.3, -0.25) is 0 Å². The summed E-state index contributed by atoms with van der Waals surface area (Å²) < 4.78 is 8.17. The summed E-state index contributed by atoms with van der Waals surface area (Å²) >= 11 is 9.24. The second-order valence-corrected chi connectivity index (χ2v) is 16.3. The molecule has 0 aliphatic carbocycles. The van der Waals surface area contributed by atoms with Crippen molar-refractivity contribution in [1.82, 2.24) is 4.98 Å². The Morgan fingerprint density at radius 3 is 1.68 bits per heavy atom. The van der Waals surface area contributed by atoms with Crippen LogP contribution in [0.4, 0.5) is 0 Å². The van der Waals surface area contributed by atoms with Gasteiger partial charge in [-0.15, -0.1) is 56.7 Å². The van der Waals surface area contributed by atoms with Gasteiger partial charge in [0.05, 0.1) is 5.52 Å². The smallest absolute Gasteiger partial charge is 0.0545 e. The third-order valence-electron chi connectivity index (χ3n) is 8.45. The molecule has 4 aromatic carbocycles. The summed E-state index contributed by atoms with van der Waals surface area (Å²) in [5.74, 6) is 0. The lowest BCUT2D eigenvalue weighted by atomic mass is 10.0. The van der Waals surface area contributed by atoms with Crippen LogP contribution in [-0.2, 0) is 0 Å². The van der Waals surface area contributed by atoms with E-state index in [4.69, 9.17) is 0 Å². The fraction of sp³-hybridized carbons (Fsp3) is 0. The van der Waals surface area contributed by atoms with E-state index < -0.39 is 0 Å². The standard InChI is InChI=1S/C38H21NS5/c1(5-23-19-35-32(42-23)13-15-40-35)21-3-7-25-27-9-12-30-28(37(27)39-31(25)17-21)10-11-29-26-8-4-22(18-34(26)44-38(29)30)2-6-24-20-36-33(43-24)14-16-41-36/h1-20,39H/b5-1+,6-2+. The number of rotatable bonds is 4. The maximum absolute atomic E-state index is 3.79. The minimum Gasteiger partial charge on any atom is -0.354 e. The molecule has 10 aromatic rings. The van der Waals surface area contributed by atoms with Crippen LogP contribution in [0.3, 0.4) is 0 Å². The molecule has 0 saturated heterocycles. The summed E-state index contributed by atoms with van der Waals surface area (Å²) in [7, 11) is 0. The number of fused-ring (bicyclic) bond motifs is 11. The van der Waals surface area contributed by atoms with Gasteiger partial charge in [0.2, 0.25) is 0 Å². The zero-order valence-electron chi connectivity index (χ0n) is 23.1. The molecule has 44 heavy (non-hydrogen) atoms. The Balaban J connectivity index is 1.03. The molecular formula is C38H21NS5. The van der Waals surface area contributed by atoms with Crippen molar-refractivity contribution in [1.29, 1.82) is 0 Å². The molecule has 6 heterocycles. The van der Waals surface area contributed by atoms with E-state index in [1.165, 1.54) is 92.4 Å². The van der Waals surface area contributed by atoms with Crippen molar-refractivity contribution in [2.75, 3.05) is 0 Å². The second kappa shape index (κ2) is 9.73. The van der Waals surface area contributed by atoms with Gasteiger partial charge in [0.1, 0.15) is 0 Å². The number of hydrogen-bond donors (Lipinski definition) is 1. The number of aromatic nitrogens is 1. The molecular weight excluding hydrogens is 631 g/mol. The third kappa shape index (κ3) is 3.99. The Bertz CT molecular complexity index is 2530. The van der Waals surface area contributed by atoms with E-state index in [0.717, 1.165) is 0 Å². The number of H-pyrrole nitrogens is 1. The van der Waals surface area contributed by atoms with Gasteiger partial charge in [-0.05, 0) is 70.4 Å². The molecule has 0 fully saturated rings. The summed E-state index contributed by atoms with van der Waals surface area (Å²) in [6, 6.07) is 31.9. The minimum absolute atomic E-state index is 1.18. The fourth-order valence-corrected chi connectivity index (χ4v) is 11.7. The lowest BCUT2D eigenvalue weighted by Crippen LogP contribution is -1.76. The van der Waals surface area contributed by atoms with Gasteiger partial charge in [-0.1, -0.05) is 60.7 Å². The highest BCUT2D eigenvalue weighted by molar-refractivity contribution is 7.28. The molecule has 0 spiro atoms. The van der Waals surface area contributed by atoms with Crippen LogP contribution < -0.4 is 0 Å². The van der Waals surface area contributed by atoms with Crippen LogP contribution in [0, 0.1) is 0 Å². The first-order chi connectivity index (χ1) is 21.7. The molecule has 0 atom stereocenters. The maximum Gasteiger partial charge on any atom is 0.0545 e. The maximum atomic E-state index is 3.79. The van der Waals surface area contributed by atoms with Crippen LogP contribution in [0.5, 0.6) is 0 Å². The van der Waals surface area contributed by atoms with Gasteiger partial charge in [0, 0.05) is 75.8 Å². The Morgan fingerprint density at radius 1 is 0.432 bits per heavy atom. The van der Waals surface area contributed by atoms with Gasteiger partial charge >= 0.3 is 0 Å². The summed E-state index contributed by atoms with van der Waals surface area (Å²) in [6.07, 6.45) is 8.96. The van der Waals surface area contributed by atoms with E-state index in [9.17, 15) is 0 Å². The average Bonchev–Trinajstić information content (AvgIpc) is 3.87. The summed E-state index contributed by atoms with van der Waals surface area (Å²) in [6.45, 7) is 0. The summed E-state index contributed by atoms with van der Waals surface area (Å²) in [5.41, 5.74) is 4.85. The van der Waals surface area contributed by atoms with Crippen molar-refractivity contribution in [3.8, 4) is 0 Å². The Kier molecular flexibility index (Phi) is 5.60. The monoisotopic (exact) mass is 651 g/mol. The molecule has 0 amide bonds. The second-order valence-electron chi connectivity index (χ2n) is 11.1. The SMILES string of the molecule is C(=C\c1cc2sccc2s1)/c1ccc2c(c1)[nH]c1c2ccc2c1ccc1c3ccc(/C=C/c4cc5sccc5s4)cc3sc12. The van der Waals surface area contributed by atoms with Gasteiger partial charge in [0.25, 0.3) is 0 Å². The molecule has 10 rings (SSSR count). The zero-order chi connectivity index (χ0) is 28.8. The Hall–Kier alpha value is -4.04. The zero-order valence-corrected chi connectivity index (χ0v) is 27.2. The van der Waals surface area contributed by atoms with E-state index in [1.807, 2.05) is 56.7 Å². The summed E-state index contributed by atoms with van der Waals surface area (Å²) in [4.78, 5) is 6.40. The highest BCUT2D eigenvalue weighted by Gasteiger charge is 2.13. The molecule has 0 saturated carbocycles. The Labute approximate surface area is 272 Å². The van der Waals surface area contributed by atoms with Crippen LogP contribution in [0.25, 0.3) is 95.9 Å². The molecule has 208 valence electrons. The molecule has 0 aliphatic heterocycles. The van der Waals surface area contributed by atoms with Gasteiger partial charge in [0.15, 0.2) is 0 Å². The normalized spacial score (nSPS) is 12.8. The summed E-state index contributed by atoms with van der Waals surface area (Å²) in [5, 5.41) is 12.2. The topological polar surface area (TPSA) is 15.8 Å². The fourth-order valence-electron chi connectivity index (χ4n) is 6.35. The van der Waals surface area contributed by atoms with E-state index in [0.29, 0.717) is 0 Å². The first kappa shape index (κ1) is 25.3. The van der Waals surface area contributed by atoms with Crippen LogP contribution in [0.1, 0.15) is 20.9 Å². The van der Waals surface area contributed by atoms with Crippen LogP contribution in [-0.4, -0.2) is 4.98 Å². The predicted molar refractivity (Wildman–Crippen MR) is 203 cm³/mol. The quantitative estimate of drug-likeness (QED) is 0.195. The van der Waals surface area contributed by atoms with Crippen LogP contribution in [0.2, 0.25) is 0 Å². The predicted octanol–water partition coefficient (Wildman–Crippen LogP) is 13.7. The molecule has 6 aromatic heterocycles. The number of thiophene rings is 5. The van der Waals surface area contributed by atoms with Gasteiger partial charge in [-0.2, -0.15) is 0 Å². The van der Waals surface area contributed by atoms with E-state index in [-0.39, 0.29) is 0 Å². The highest BCUT2D eigenvalue weighted by Crippen LogP contribution is 2.42. The molecule has 0 unspecified atom stereocenters. The van der Waals surface area contributed by atoms with Crippen LogP contribution >= 0.6 is 56.7 Å². The van der Waals surface area contributed by atoms with Crippen molar-refractivity contribution in [3.05, 3.63) is 117 Å². The highest BCUT2D eigenvalue weighted by atomic mass is 32.1. The molecule has 6 heteroatoms. The molecule has 0 aliphatic rings. The van der Waals surface area contributed by atoms with Crippen molar-refractivity contribution in [2.24, 2.45) is 0 Å². The first-order valence-electron chi connectivity index (χ1n) is 14.4. The number of nitrogens with one attached hydrogen (secondary N) is 1. The van der Waals surface area contributed by atoms with Crippen molar-refractivity contribution >= 4 is 153 Å². The largest absolute Gasteiger partial charge is 0.354 e. The van der Waals surface area contributed by atoms with Crippen LogP contribution in [0.15, 0.2) is 95.7 Å². The molecule has 1 nitrogen and oxygen atoms in total. The van der Waals surface area contributed by atoms with Gasteiger partial charge in [-0.25, -0.2) is 0 Å². The molecule has 0 bridgehead atoms. The Morgan fingerprint density at radius 2 is 1.00 bits per heavy atom. The van der Waals surface area contributed by atoms with Crippen molar-refractivity contribution in [3.63, 3.8) is 0 Å². The molecule has 0 radical (unpaired) electrons. The number of hydrogen-bond acceptors (Lipinski definition) is 5. The van der Waals surface area contributed by atoms with Crippen molar-refractivity contribution < 1.29 is 0 Å². The lowest BCUT2D eigenvalue weighted by Gasteiger charge is -2.02. The van der Waals surface area contributed by atoms with Gasteiger partial charge < -0.3 is 4.98 Å². The number of aromatic amines is 1. The van der Waals surface area contributed by atoms with E-state index in [2.05, 4.69) is 125 Å². The number of benzene rings is 4. The lowest BCUT2D eigenvalue weighted by molar-refractivity contribution is 1.56. The first-order valence-corrected chi connectivity index (χ1v) is 18.6. The minimum atomic E-state index is 1.18. The van der Waals surface area contributed by atoms with E-state index in [1.54, 1.807) is 0 Å².